The molecule has 0 spiro atoms. The first-order valence-electron chi connectivity index (χ1n) is 3.76. The van der Waals surface area contributed by atoms with Crippen LogP contribution in [0.4, 0.5) is 4.79 Å². The molecule has 1 aliphatic heterocycles. The smallest absolute Gasteiger partial charge is 0.291 e. The van der Waals surface area contributed by atoms with Crippen LogP contribution in [0.25, 0.3) is 0 Å². The van der Waals surface area contributed by atoms with Gasteiger partial charge in [-0.1, -0.05) is 12.2 Å². The number of hydrogen-bond donors (Lipinski definition) is 1. The Hall–Kier alpha value is -0.810. The highest BCUT2D eigenvalue weighted by atomic mass is 32.2. The maximum absolute atomic E-state index is 11.4. The highest BCUT2D eigenvalue weighted by Crippen LogP contribution is 2.34. The van der Waals surface area contributed by atoms with Gasteiger partial charge in [0.25, 0.3) is 11.1 Å². The van der Waals surface area contributed by atoms with Gasteiger partial charge >= 0.3 is 0 Å². The Morgan fingerprint density at radius 3 is 2.54 bits per heavy atom. The molecule has 0 aliphatic carbocycles. The van der Waals surface area contributed by atoms with Crippen LogP contribution < -0.4 is 0 Å². The van der Waals surface area contributed by atoms with Gasteiger partial charge in [-0.15, -0.1) is 0 Å². The Kier molecular flexibility index (Phi) is 2.49. The summed E-state index contributed by atoms with van der Waals surface area (Å²) in [5, 5.41) is 9.02. The fourth-order valence-corrected chi connectivity index (χ4v) is 1.80. The van der Waals surface area contributed by atoms with Crippen molar-refractivity contribution >= 4 is 22.9 Å². The van der Waals surface area contributed by atoms with Gasteiger partial charge in [-0.2, -0.15) is 0 Å². The first kappa shape index (κ1) is 10.3. The Balaban J connectivity index is 2.83. The molecule has 1 atom stereocenters. The van der Waals surface area contributed by atoms with Gasteiger partial charge in [0.15, 0.2) is 4.93 Å². The average molecular weight is 201 g/mol. The van der Waals surface area contributed by atoms with E-state index in [9.17, 15) is 14.7 Å². The molecule has 72 valence electrons. The Morgan fingerprint density at radius 2 is 2.23 bits per heavy atom. The van der Waals surface area contributed by atoms with Crippen molar-refractivity contribution in [3.8, 4) is 0 Å². The Morgan fingerprint density at radius 1 is 1.69 bits per heavy atom. The van der Waals surface area contributed by atoms with Crippen LogP contribution in [-0.2, 0) is 4.79 Å². The quantitative estimate of drug-likeness (QED) is 0.676. The normalized spacial score (nSPS) is 28.4. The Labute approximate surface area is 80.6 Å². The molecule has 1 aliphatic rings. The molecule has 0 radical (unpaired) electrons. The van der Waals surface area contributed by atoms with Crippen molar-refractivity contribution in [1.82, 2.24) is 4.90 Å². The van der Waals surface area contributed by atoms with Gasteiger partial charge in [-0.05, 0) is 25.6 Å². The van der Waals surface area contributed by atoms with Crippen LogP contribution in [-0.4, -0.2) is 32.6 Å². The first-order valence-corrected chi connectivity index (χ1v) is 4.58. The molecule has 2 amide bonds. The van der Waals surface area contributed by atoms with Gasteiger partial charge in [-0.25, -0.2) is 0 Å². The zero-order valence-electron chi connectivity index (χ0n) is 7.53. The molecule has 4 nitrogen and oxygen atoms in total. The van der Waals surface area contributed by atoms with E-state index in [4.69, 9.17) is 0 Å². The fourth-order valence-electron chi connectivity index (χ4n) is 1.01. The van der Waals surface area contributed by atoms with E-state index in [0.29, 0.717) is 17.3 Å². The van der Waals surface area contributed by atoms with Crippen molar-refractivity contribution in [2.45, 2.75) is 18.8 Å². The monoisotopic (exact) mass is 201 g/mol. The van der Waals surface area contributed by atoms with Gasteiger partial charge in [0.05, 0.1) is 6.54 Å². The topological polar surface area (TPSA) is 57.6 Å². The number of carbonyl (C=O) groups excluding carboxylic acids is 2. The molecule has 1 fully saturated rings. The molecule has 1 saturated heterocycles. The molecule has 5 heteroatoms. The summed E-state index contributed by atoms with van der Waals surface area (Å²) in [6.45, 7) is 6.82. The van der Waals surface area contributed by atoms with Gasteiger partial charge in [0.2, 0.25) is 0 Å². The van der Waals surface area contributed by atoms with Crippen molar-refractivity contribution in [2.75, 3.05) is 6.54 Å². The van der Waals surface area contributed by atoms with E-state index in [1.807, 2.05) is 0 Å². The third-order valence-electron chi connectivity index (χ3n) is 1.58. The van der Waals surface area contributed by atoms with E-state index in [1.165, 1.54) is 6.92 Å². The second kappa shape index (κ2) is 3.16. The molecule has 0 aromatic heterocycles. The number of nitrogens with zero attached hydrogens (tertiary/aromatic N) is 1. The molecular weight excluding hydrogens is 190 g/mol. The molecule has 13 heavy (non-hydrogen) atoms. The van der Waals surface area contributed by atoms with Crippen molar-refractivity contribution < 1.29 is 14.7 Å². The molecule has 0 aromatic rings. The molecular formula is C8H11NO3S. The maximum atomic E-state index is 11.4. The van der Waals surface area contributed by atoms with E-state index in [0.717, 1.165) is 4.90 Å². The zero-order valence-corrected chi connectivity index (χ0v) is 8.35. The second-order valence-electron chi connectivity index (χ2n) is 3.20. The summed E-state index contributed by atoms with van der Waals surface area (Å²) in [5.74, 6) is -0.564. The summed E-state index contributed by atoms with van der Waals surface area (Å²) in [4.78, 5) is 22.0. The van der Waals surface area contributed by atoms with Crippen LogP contribution in [0, 0.1) is 0 Å². The molecule has 1 unspecified atom stereocenters. The van der Waals surface area contributed by atoms with Gasteiger partial charge in [0.1, 0.15) is 0 Å². The highest BCUT2D eigenvalue weighted by molar-refractivity contribution is 8.15. The summed E-state index contributed by atoms with van der Waals surface area (Å²) in [6.07, 6.45) is 0. The molecule has 0 aromatic carbocycles. The summed E-state index contributed by atoms with van der Waals surface area (Å²) in [5.41, 5.74) is 0.708. The zero-order chi connectivity index (χ0) is 10.2. The second-order valence-corrected chi connectivity index (χ2v) is 4.55. The lowest BCUT2D eigenvalue weighted by Gasteiger charge is -2.14. The SMILES string of the molecule is C=C(C)CN1C(=O)SC(C)(O)C1=O. The third-order valence-corrected chi connectivity index (χ3v) is 2.54. The van der Waals surface area contributed by atoms with E-state index in [2.05, 4.69) is 6.58 Å². The van der Waals surface area contributed by atoms with Crippen LogP contribution in [0.1, 0.15) is 13.8 Å². The van der Waals surface area contributed by atoms with Crippen molar-refractivity contribution in [3.63, 3.8) is 0 Å². The van der Waals surface area contributed by atoms with E-state index in [-0.39, 0.29) is 6.54 Å². The average Bonchev–Trinajstić information content (AvgIpc) is 2.12. The van der Waals surface area contributed by atoms with Gasteiger partial charge in [-0.3, -0.25) is 14.5 Å². The molecule has 0 bridgehead atoms. The number of hydrogen-bond acceptors (Lipinski definition) is 4. The number of amides is 2. The lowest BCUT2D eigenvalue weighted by molar-refractivity contribution is -0.136. The number of imide groups is 1. The lowest BCUT2D eigenvalue weighted by Crippen LogP contribution is -2.38. The van der Waals surface area contributed by atoms with Crippen LogP contribution in [0.3, 0.4) is 0 Å². The molecule has 1 N–H and O–H groups in total. The minimum absolute atomic E-state index is 0.181. The minimum Gasteiger partial charge on any atom is -0.371 e. The van der Waals surface area contributed by atoms with Crippen LogP contribution >= 0.6 is 11.8 Å². The molecule has 1 heterocycles. The summed E-state index contributed by atoms with van der Waals surface area (Å²) < 4.78 is 0. The van der Waals surface area contributed by atoms with Crippen LogP contribution in [0.5, 0.6) is 0 Å². The fraction of sp³-hybridized carbons (Fsp3) is 0.500. The highest BCUT2D eigenvalue weighted by Gasteiger charge is 2.47. The number of aliphatic hydroxyl groups is 1. The number of carbonyl (C=O) groups is 2. The van der Waals surface area contributed by atoms with E-state index in [1.54, 1.807) is 6.92 Å². The first-order chi connectivity index (χ1) is 5.84. The summed E-state index contributed by atoms with van der Waals surface area (Å²) in [6, 6.07) is 0. The molecule has 0 saturated carbocycles. The van der Waals surface area contributed by atoms with Gasteiger partial charge < -0.3 is 5.11 Å². The van der Waals surface area contributed by atoms with Crippen molar-refractivity contribution in [3.05, 3.63) is 12.2 Å². The maximum Gasteiger partial charge on any atom is 0.291 e. The van der Waals surface area contributed by atoms with Gasteiger partial charge in [0, 0.05) is 0 Å². The predicted octanol–water partition coefficient (Wildman–Crippen LogP) is 0.966. The lowest BCUT2D eigenvalue weighted by atomic mass is 10.3. The summed E-state index contributed by atoms with van der Waals surface area (Å²) in [7, 11) is 0. The van der Waals surface area contributed by atoms with E-state index >= 15 is 0 Å². The van der Waals surface area contributed by atoms with E-state index < -0.39 is 16.1 Å². The standard InChI is InChI=1S/C8H11NO3S/c1-5(2)4-9-6(10)8(3,12)13-7(9)11/h12H,1,4H2,2-3H3. The predicted molar refractivity (Wildman–Crippen MR) is 50.1 cm³/mol. The van der Waals surface area contributed by atoms with Crippen LogP contribution in [0.15, 0.2) is 12.2 Å². The molecule has 1 rings (SSSR count). The number of rotatable bonds is 2. The van der Waals surface area contributed by atoms with Crippen molar-refractivity contribution in [1.29, 1.82) is 0 Å². The Bertz CT molecular complexity index is 285. The third kappa shape index (κ3) is 1.92. The van der Waals surface area contributed by atoms with Crippen molar-refractivity contribution in [2.24, 2.45) is 0 Å². The minimum atomic E-state index is -1.60. The summed E-state index contributed by atoms with van der Waals surface area (Å²) >= 11 is 0.633. The largest absolute Gasteiger partial charge is 0.371 e. The van der Waals surface area contributed by atoms with Crippen LogP contribution in [0.2, 0.25) is 0 Å². The number of thioether (sulfide) groups is 1.